The Bertz CT molecular complexity index is 1280. The second-order valence-corrected chi connectivity index (χ2v) is 9.77. The van der Waals surface area contributed by atoms with Crippen LogP contribution in [0.2, 0.25) is 0 Å². The Balaban J connectivity index is 1.63. The van der Waals surface area contributed by atoms with Gasteiger partial charge in [0.2, 0.25) is 0 Å². The molecular weight excluding hydrogens is 452 g/mol. The van der Waals surface area contributed by atoms with Crippen molar-refractivity contribution in [3.8, 4) is 0 Å². The van der Waals surface area contributed by atoms with Crippen molar-refractivity contribution in [2.45, 2.75) is 38.3 Å². The van der Waals surface area contributed by atoms with E-state index in [-0.39, 0.29) is 36.4 Å². The minimum absolute atomic E-state index is 0.202. The molecule has 0 spiro atoms. The molecule has 0 aromatic heterocycles. The maximum absolute atomic E-state index is 14.4. The van der Waals surface area contributed by atoms with Crippen LogP contribution in [0.25, 0.3) is 0 Å². The average Bonchev–Trinajstić information content (AvgIpc) is 3.61. The number of fused-ring (bicyclic) bond motifs is 1. The Morgan fingerprint density at radius 1 is 0.944 bits per heavy atom. The lowest BCUT2D eigenvalue weighted by Crippen LogP contribution is -2.65. The summed E-state index contributed by atoms with van der Waals surface area (Å²) < 4.78 is 5.43. The molecule has 36 heavy (non-hydrogen) atoms. The SMILES string of the molecule is CCOC(=O)[C@@H]1[C@H]2[C@@H]1N(c1ccc(C)cc1)C(=O)[C@](C)(NC(=O)c1ccccc1)[C@H]2c1ccccc1. The third kappa shape index (κ3) is 3.96. The summed E-state index contributed by atoms with van der Waals surface area (Å²) in [6.07, 6.45) is 0. The first-order valence-electron chi connectivity index (χ1n) is 12.4. The van der Waals surface area contributed by atoms with Gasteiger partial charge in [-0.3, -0.25) is 14.4 Å². The van der Waals surface area contributed by atoms with Gasteiger partial charge in [-0.2, -0.15) is 0 Å². The van der Waals surface area contributed by atoms with Crippen LogP contribution in [0.4, 0.5) is 5.69 Å². The summed E-state index contributed by atoms with van der Waals surface area (Å²) in [6, 6.07) is 25.9. The van der Waals surface area contributed by atoms with Crippen molar-refractivity contribution in [2.24, 2.45) is 11.8 Å². The molecule has 6 heteroatoms. The van der Waals surface area contributed by atoms with Crippen LogP contribution in [0.1, 0.15) is 41.3 Å². The molecule has 5 rings (SSSR count). The number of anilines is 1. The van der Waals surface area contributed by atoms with Crippen LogP contribution in [-0.2, 0) is 14.3 Å². The summed E-state index contributed by atoms with van der Waals surface area (Å²) >= 11 is 0. The van der Waals surface area contributed by atoms with Crippen molar-refractivity contribution >= 4 is 23.5 Å². The summed E-state index contributed by atoms with van der Waals surface area (Å²) in [7, 11) is 0. The highest BCUT2D eigenvalue weighted by Gasteiger charge is 2.72. The molecule has 6 nitrogen and oxygen atoms in total. The molecule has 1 saturated carbocycles. The average molecular weight is 483 g/mol. The van der Waals surface area contributed by atoms with E-state index in [1.807, 2.05) is 67.6 Å². The lowest BCUT2D eigenvalue weighted by molar-refractivity contribution is -0.145. The van der Waals surface area contributed by atoms with E-state index in [0.29, 0.717) is 11.3 Å². The number of carbonyl (C=O) groups excluding carboxylic acids is 3. The van der Waals surface area contributed by atoms with E-state index in [4.69, 9.17) is 4.74 Å². The normalized spacial score (nSPS) is 26.6. The molecule has 184 valence electrons. The first-order chi connectivity index (χ1) is 17.4. The fourth-order valence-electron chi connectivity index (χ4n) is 5.73. The van der Waals surface area contributed by atoms with E-state index in [2.05, 4.69) is 5.32 Å². The zero-order valence-corrected chi connectivity index (χ0v) is 20.7. The van der Waals surface area contributed by atoms with E-state index < -0.39 is 17.4 Å². The highest BCUT2D eigenvalue weighted by Crippen LogP contribution is 2.60. The molecule has 0 radical (unpaired) electrons. The van der Waals surface area contributed by atoms with Gasteiger partial charge in [0.25, 0.3) is 11.8 Å². The Hall–Kier alpha value is -3.93. The topological polar surface area (TPSA) is 75.7 Å². The van der Waals surface area contributed by atoms with Gasteiger partial charge in [-0.15, -0.1) is 0 Å². The summed E-state index contributed by atoms with van der Waals surface area (Å²) in [5.41, 5.74) is 1.87. The van der Waals surface area contributed by atoms with Crippen molar-refractivity contribution < 1.29 is 19.1 Å². The van der Waals surface area contributed by atoms with Crippen LogP contribution in [-0.4, -0.2) is 36.0 Å². The summed E-state index contributed by atoms with van der Waals surface area (Å²) in [4.78, 5) is 42.6. The number of hydrogen-bond acceptors (Lipinski definition) is 4. The van der Waals surface area contributed by atoms with Crippen LogP contribution in [0.5, 0.6) is 0 Å². The number of carbonyl (C=O) groups is 3. The zero-order chi connectivity index (χ0) is 25.4. The second-order valence-electron chi connectivity index (χ2n) is 9.77. The molecule has 1 heterocycles. The molecule has 3 aromatic carbocycles. The smallest absolute Gasteiger partial charge is 0.311 e. The Kier molecular flexibility index (Phi) is 6.12. The van der Waals surface area contributed by atoms with Gasteiger partial charge >= 0.3 is 5.97 Å². The van der Waals surface area contributed by atoms with E-state index in [9.17, 15) is 14.4 Å². The second kappa shape index (κ2) is 9.26. The van der Waals surface area contributed by atoms with E-state index in [0.717, 1.165) is 11.1 Å². The number of piperidine rings is 1. The third-order valence-electron chi connectivity index (χ3n) is 7.44. The van der Waals surface area contributed by atoms with Gasteiger partial charge in [0.1, 0.15) is 5.54 Å². The maximum atomic E-state index is 14.4. The van der Waals surface area contributed by atoms with Crippen LogP contribution in [0.3, 0.4) is 0 Å². The number of aryl methyl sites for hydroxylation is 1. The minimum atomic E-state index is -1.29. The molecule has 3 aromatic rings. The molecule has 0 unspecified atom stereocenters. The molecule has 2 fully saturated rings. The maximum Gasteiger partial charge on any atom is 0.311 e. The third-order valence-corrected chi connectivity index (χ3v) is 7.44. The molecule has 1 N–H and O–H groups in total. The molecule has 0 bridgehead atoms. The van der Waals surface area contributed by atoms with Crippen molar-refractivity contribution in [1.82, 2.24) is 5.32 Å². The van der Waals surface area contributed by atoms with Crippen molar-refractivity contribution in [3.05, 3.63) is 102 Å². The number of benzene rings is 3. The van der Waals surface area contributed by atoms with Crippen molar-refractivity contribution in [2.75, 3.05) is 11.5 Å². The lowest BCUT2D eigenvalue weighted by Gasteiger charge is -2.45. The van der Waals surface area contributed by atoms with Crippen LogP contribution in [0, 0.1) is 18.8 Å². The molecule has 5 atom stereocenters. The number of esters is 1. The summed E-state index contributed by atoms with van der Waals surface area (Å²) in [5, 5.41) is 3.09. The molecular formula is C30H30N2O4. The van der Waals surface area contributed by atoms with Gasteiger partial charge in [-0.1, -0.05) is 66.2 Å². The monoisotopic (exact) mass is 482 g/mol. The zero-order valence-electron chi connectivity index (χ0n) is 20.7. The predicted molar refractivity (Wildman–Crippen MR) is 138 cm³/mol. The number of amides is 2. The number of nitrogens with one attached hydrogen (secondary N) is 1. The highest BCUT2D eigenvalue weighted by atomic mass is 16.5. The van der Waals surface area contributed by atoms with Crippen LogP contribution >= 0.6 is 0 Å². The molecule has 1 aliphatic carbocycles. The first-order valence-corrected chi connectivity index (χ1v) is 12.4. The van der Waals surface area contributed by atoms with Gasteiger partial charge in [0.05, 0.1) is 18.6 Å². The quantitative estimate of drug-likeness (QED) is 0.525. The van der Waals surface area contributed by atoms with Gasteiger partial charge in [-0.25, -0.2) is 0 Å². The fourth-order valence-corrected chi connectivity index (χ4v) is 5.73. The molecule has 1 aliphatic heterocycles. The van der Waals surface area contributed by atoms with Crippen LogP contribution in [0.15, 0.2) is 84.9 Å². The largest absolute Gasteiger partial charge is 0.466 e. The number of hydrogen-bond donors (Lipinski definition) is 1. The van der Waals surface area contributed by atoms with Crippen molar-refractivity contribution in [1.29, 1.82) is 0 Å². The number of nitrogens with zero attached hydrogens (tertiary/aromatic N) is 1. The van der Waals surface area contributed by atoms with E-state index in [1.54, 1.807) is 43.0 Å². The fraction of sp³-hybridized carbons (Fsp3) is 0.300. The Morgan fingerprint density at radius 3 is 2.17 bits per heavy atom. The van der Waals surface area contributed by atoms with E-state index in [1.165, 1.54) is 0 Å². The van der Waals surface area contributed by atoms with Crippen molar-refractivity contribution in [3.63, 3.8) is 0 Å². The Labute approximate surface area is 211 Å². The van der Waals surface area contributed by atoms with E-state index >= 15 is 0 Å². The van der Waals surface area contributed by atoms with Gasteiger partial charge in [-0.05, 0) is 50.6 Å². The molecule has 2 amide bonds. The van der Waals surface area contributed by atoms with Gasteiger partial charge < -0.3 is 15.0 Å². The first kappa shape index (κ1) is 23.8. The minimum Gasteiger partial charge on any atom is -0.466 e. The van der Waals surface area contributed by atoms with Crippen LogP contribution < -0.4 is 10.2 Å². The summed E-state index contributed by atoms with van der Waals surface area (Å²) in [6.45, 7) is 5.82. The number of rotatable bonds is 6. The van der Waals surface area contributed by atoms with Gasteiger partial charge in [0.15, 0.2) is 0 Å². The highest BCUT2D eigenvalue weighted by molar-refractivity contribution is 6.08. The number of ether oxygens (including phenoxy) is 1. The van der Waals surface area contributed by atoms with Gasteiger partial charge in [0, 0.05) is 23.1 Å². The standard InChI is InChI=1S/C30H30N2O4/c1-4-36-28(34)24-23-25(20-11-7-5-8-12-20)30(3,31-27(33)21-13-9-6-10-14-21)29(35)32(26(23)24)22-17-15-19(2)16-18-22/h5-18,23-26H,4H2,1-3H3,(H,31,33)/t23-,24-,25+,26+,30-/m1/s1. The summed E-state index contributed by atoms with van der Waals surface area (Å²) in [5.74, 6) is -1.96. The molecule has 2 aliphatic rings. The lowest BCUT2D eigenvalue weighted by atomic mass is 9.73. The predicted octanol–water partition coefficient (Wildman–Crippen LogP) is 4.49. The molecule has 1 saturated heterocycles. The Morgan fingerprint density at radius 2 is 1.56 bits per heavy atom.